The van der Waals surface area contributed by atoms with Crippen LogP contribution in [0.3, 0.4) is 0 Å². The maximum atomic E-state index is 12.8. The summed E-state index contributed by atoms with van der Waals surface area (Å²) in [7, 11) is 0. The van der Waals surface area contributed by atoms with E-state index < -0.39 is 10.6 Å². The summed E-state index contributed by atoms with van der Waals surface area (Å²) in [6.07, 6.45) is 1.65. The Kier molecular flexibility index (Phi) is 2.76. The monoisotopic (exact) mass is 215 g/mol. The molecule has 3 heteroatoms. The van der Waals surface area contributed by atoms with E-state index in [4.69, 9.17) is 0 Å². The predicted molar refractivity (Wildman–Crippen MR) is 43.8 cm³/mol. The zero-order chi connectivity index (χ0) is 8.27. The highest BCUT2D eigenvalue weighted by molar-refractivity contribution is 9.09. The molecule has 0 fully saturated rings. The minimum Gasteiger partial charge on any atom is -0.289 e. The largest absolute Gasteiger partial charge is 0.289 e. The number of hydrogen-bond acceptors (Lipinski definition) is 1. The van der Waals surface area contributed by atoms with Crippen LogP contribution in [0.15, 0.2) is 24.3 Å². The van der Waals surface area contributed by atoms with Gasteiger partial charge in [-0.15, -0.1) is 0 Å². The molecule has 1 atom stereocenters. The summed E-state index contributed by atoms with van der Waals surface area (Å²) in [5.74, 6) is -0.391. The van der Waals surface area contributed by atoms with Crippen molar-refractivity contribution in [1.29, 1.82) is 0 Å². The van der Waals surface area contributed by atoms with Crippen molar-refractivity contribution < 1.29 is 9.18 Å². The van der Waals surface area contributed by atoms with Crippen LogP contribution >= 0.6 is 15.9 Å². The molecule has 1 nitrogen and oxygen atoms in total. The minimum atomic E-state index is -0.663. The van der Waals surface area contributed by atoms with E-state index in [0.717, 1.165) is 0 Å². The Morgan fingerprint density at radius 3 is 2.64 bits per heavy atom. The van der Waals surface area contributed by atoms with Crippen molar-refractivity contribution >= 4 is 22.2 Å². The third-order valence-corrected chi connectivity index (χ3v) is 1.96. The molecule has 0 aliphatic carbocycles. The second-order valence-corrected chi connectivity index (χ2v) is 2.92. The van der Waals surface area contributed by atoms with Gasteiger partial charge in [0.25, 0.3) is 0 Å². The van der Waals surface area contributed by atoms with Crippen LogP contribution in [0.1, 0.15) is 10.4 Å². The molecule has 0 saturated heterocycles. The lowest BCUT2D eigenvalue weighted by molar-refractivity contribution is 0.551. The standard InChI is InChI=1S/C8H5BrFO/c9-7(5-11)6-3-1-2-4-8(6)10/h1-4,7H. The first-order valence-electron chi connectivity index (χ1n) is 3.02. The van der Waals surface area contributed by atoms with Gasteiger partial charge in [-0.3, -0.25) is 4.79 Å². The molecule has 1 aromatic carbocycles. The number of carbonyl (C=O) groups excluding carboxylic acids is 1. The molecule has 57 valence electrons. The molecule has 0 heterocycles. The number of hydrogen-bond donors (Lipinski definition) is 0. The zero-order valence-electron chi connectivity index (χ0n) is 5.55. The van der Waals surface area contributed by atoms with Gasteiger partial charge in [0.1, 0.15) is 10.6 Å². The third-order valence-electron chi connectivity index (χ3n) is 1.28. The molecule has 0 aliphatic rings. The summed E-state index contributed by atoms with van der Waals surface area (Å²) < 4.78 is 12.8. The second kappa shape index (κ2) is 3.62. The van der Waals surface area contributed by atoms with Crippen molar-refractivity contribution in [1.82, 2.24) is 0 Å². The van der Waals surface area contributed by atoms with E-state index in [1.54, 1.807) is 24.5 Å². The molecule has 0 aliphatic heterocycles. The molecule has 0 amide bonds. The van der Waals surface area contributed by atoms with Gasteiger partial charge in [0.15, 0.2) is 0 Å². The Balaban J connectivity index is 3.02. The Morgan fingerprint density at radius 1 is 1.45 bits per heavy atom. The molecule has 0 bridgehead atoms. The molecular formula is C8H5BrFO. The normalized spacial score (nSPS) is 12.5. The summed E-state index contributed by atoms with van der Waals surface area (Å²) in [6.45, 7) is 0. The summed E-state index contributed by atoms with van der Waals surface area (Å²) >= 11 is 2.97. The number of benzene rings is 1. The molecule has 0 saturated carbocycles. The lowest BCUT2D eigenvalue weighted by Gasteiger charge is -2.01. The van der Waals surface area contributed by atoms with Crippen molar-refractivity contribution in [3.8, 4) is 0 Å². The topological polar surface area (TPSA) is 17.1 Å². The fourth-order valence-corrected chi connectivity index (χ4v) is 1.12. The highest BCUT2D eigenvalue weighted by Crippen LogP contribution is 2.22. The van der Waals surface area contributed by atoms with Crippen LogP contribution in [0.4, 0.5) is 4.39 Å². The van der Waals surface area contributed by atoms with E-state index >= 15 is 0 Å². The first-order chi connectivity index (χ1) is 5.25. The number of halogens is 2. The van der Waals surface area contributed by atoms with E-state index in [-0.39, 0.29) is 0 Å². The van der Waals surface area contributed by atoms with Crippen molar-refractivity contribution in [2.45, 2.75) is 4.83 Å². The van der Waals surface area contributed by atoms with Crippen molar-refractivity contribution in [2.75, 3.05) is 0 Å². The van der Waals surface area contributed by atoms with Gasteiger partial charge in [0.05, 0.1) is 0 Å². The van der Waals surface area contributed by atoms with E-state index in [1.165, 1.54) is 6.07 Å². The van der Waals surface area contributed by atoms with E-state index in [2.05, 4.69) is 15.9 Å². The highest BCUT2D eigenvalue weighted by atomic mass is 79.9. The molecule has 0 aromatic heterocycles. The van der Waals surface area contributed by atoms with E-state index in [9.17, 15) is 9.18 Å². The minimum absolute atomic E-state index is 0.322. The van der Waals surface area contributed by atoms with Gasteiger partial charge in [-0.05, 0) is 6.07 Å². The smallest absolute Gasteiger partial charge is 0.218 e. The summed E-state index contributed by atoms with van der Waals surface area (Å²) in [4.78, 5) is 9.46. The summed E-state index contributed by atoms with van der Waals surface area (Å²) in [6, 6.07) is 6.09. The third kappa shape index (κ3) is 1.87. The molecule has 1 aromatic rings. The van der Waals surface area contributed by atoms with Crippen LogP contribution in [-0.4, -0.2) is 6.29 Å². The van der Waals surface area contributed by atoms with Gasteiger partial charge in [-0.1, -0.05) is 34.1 Å². The number of alkyl halides is 1. The van der Waals surface area contributed by atoms with Crippen molar-refractivity contribution in [3.05, 3.63) is 35.6 Å². The molecular weight excluding hydrogens is 211 g/mol. The van der Waals surface area contributed by atoms with Crippen molar-refractivity contribution in [2.24, 2.45) is 0 Å². The Hall–Kier alpha value is -0.700. The fourth-order valence-electron chi connectivity index (χ4n) is 0.744. The lowest BCUT2D eigenvalue weighted by Crippen LogP contribution is -1.93. The van der Waals surface area contributed by atoms with Crippen molar-refractivity contribution in [3.63, 3.8) is 0 Å². The lowest BCUT2D eigenvalue weighted by atomic mass is 10.1. The van der Waals surface area contributed by atoms with Crippen LogP contribution in [0.2, 0.25) is 0 Å². The van der Waals surface area contributed by atoms with Crippen LogP contribution < -0.4 is 0 Å². The Bertz CT molecular complexity index is 262. The average Bonchev–Trinajstić information content (AvgIpc) is 2.04. The summed E-state index contributed by atoms with van der Waals surface area (Å²) in [5.41, 5.74) is 0.322. The van der Waals surface area contributed by atoms with Gasteiger partial charge in [0, 0.05) is 5.56 Å². The molecule has 1 rings (SSSR count). The summed E-state index contributed by atoms with van der Waals surface area (Å²) in [5, 5.41) is 0. The van der Waals surface area contributed by atoms with Crippen LogP contribution in [0.5, 0.6) is 0 Å². The maximum Gasteiger partial charge on any atom is 0.218 e. The van der Waals surface area contributed by atoms with Gasteiger partial charge < -0.3 is 0 Å². The molecule has 0 spiro atoms. The molecule has 0 N–H and O–H groups in total. The molecule has 11 heavy (non-hydrogen) atoms. The van der Waals surface area contributed by atoms with Crippen LogP contribution in [-0.2, 0) is 4.79 Å². The fraction of sp³-hybridized carbons (Fsp3) is 0.125. The molecule has 1 unspecified atom stereocenters. The van der Waals surface area contributed by atoms with Gasteiger partial charge in [-0.25, -0.2) is 4.39 Å². The maximum absolute atomic E-state index is 12.8. The molecule has 1 radical (unpaired) electrons. The second-order valence-electron chi connectivity index (χ2n) is 2.00. The highest BCUT2D eigenvalue weighted by Gasteiger charge is 2.10. The van der Waals surface area contributed by atoms with E-state index in [1.807, 2.05) is 0 Å². The van der Waals surface area contributed by atoms with Gasteiger partial charge in [-0.2, -0.15) is 0 Å². The quantitative estimate of drug-likeness (QED) is 0.693. The first kappa shape index (κ1) is 8.40. The average molecular weight is 216 g/mol. The van der Waals surface area contributed by atoms with Crippen LogP contribution in [0.25, 0.3) is 0 Å². The first-order valence-corrected chi connectivity index (χ1v) is 3.93. The Labute approximate surface area is 72.4 Å². The predicted octanol–water partition coefficient (Wildman–Crippen LogP) is 2.37. The van der Waals surface area contributed by atoms with E-state index in [0.29, 0.717) is 5.56 Å². The Morgan fingerprint density at radius 2 is 2.09 bits per heavy atom. The van der Waals surface area contributed by atoms with Gasteiger partial charge in [0.2, 0.25) is 6.29 Å². The SMILES string of the molecule is O=[C]C(Br)c1ccccc1F. The van der Waals surface area contributed by atoms with Gasteiger partial charge >= 0.3 is 0 Å². The zero-order valence-corrected chi connectivity index (χ0v) is 7.14. The number of rotatable bonds is 2. The van der Waals surface area contributed by atoms with Crippen LogP contribution in [0, 0.1) is 5.82 Å².